The Balaban J connectivity index is 2.34. The van der Waals surface area contributed by atoms with Gasteiger partial charge < -0.3 is 10.4 Å². The van der Waals surface area contributed by atoms with E-state index >= 15 is 0 Å². The zero-order valence-corrected chi connectivity index (χ0v) is 10.7. The SMILES string of the molecule is Cc1cc(C(Nc2ccccc2F)C(=O)O)ccc1F. The van der Waals surface area contributed by atoms with Gasteiger partial charge >= 0.3 is 5.97 Å². The van der Waals surface area contributed by atoms with Gasteiger partial charge in [0, 0.05) is 0 Å². The normalized spacial score (nSPS) is 11.9. The second-order valence-electron chi connectivity index (χ2n) is 4.40. The Hall–Kier alpha value is -2.43. The van der Waals surface area contributed by atoms with Crippen molar-refractivity contribution in [3.63, 3.8) is 0 Å². The van der Waals surface area contributed by atoms with Crippen LogP contribution in [-0.4, -0.2) is 11.1 Å². The fourth-order valence-electron chi connectivity index (χ4n) is 1.87. The summed E-state index contributed by atoms with van der Waals surface area (Å²) in [6, 6.07) is 8.64. The molecule has 0 bridgehead atoms. The molecule has 2 aromatic rings. The number of carboxylic acids is 1. The number of aryl methyl sites for hydroxylation is 1. The van der Waals surface area contributed by atoms with Crippen molar-refractivity contribution in [3.05, 3.63) is 65.2 Å². The molecule has 20 heavy (non-hydrogen) atoms. The average molecular weight is 277 g/mol. The van der Waals surface area contributed by atoms with E-state index in [1.807, 2.05) is 0 Å². The van der Waals surface area contributed by atoms with E-state index in [1.165, 1.54) is 36.4 Å². The predicted molar refractivity (Wildman–Crippen MR) is 71.5 cm³/mol. The number of halogens is 2. The van der Waals surface area contributed by atoms with E-state index < -0.39 is 23.6 Å². The average Bonchev–Trinajstić information content (AvgIpc) is 2.41. The Kier molecular flexibility index (Phi) is 3.98. The number of hydrogen-bond donors (Lipinski definition) is 2. The van der Waals surface area contributed by atoms with Gasteiger partial charge in [-0.15, -0.1) is 0 Å². The van der Waals surface area contributed by atoms with Gasteiger partial charge in [0.1, 0.15) is 11.6 Å². The van der Waals surface area contributed by atoms with E-state index in [1.54, 1.807) is 13.0 Å². The van der Waals surface area contributed by atoms with Crippen LogP contribution in [0.5, 0.6) is 0 Å². The Morgan fingerprint density at radius 3 is 2.45 bits per heavy atom. The van der Waals surface area contributed by atoms with Crippen LogP contribution in [0, 0.1) is 18.6 Å². The van der Waals surface area contributed by atoms with Gasteiger partial charge in [-0.3, -0.25) is 0 Å². The van der Waals surface area contributed by atoms with E-state index in [0.717, 1.165) is 0 Å². The number of carboxylic acid groups (broad SMARTS) is 1. The first kappa shape index (κ1) is 14.0. The lowest BCUT2D eigenvalue weighted by Crippen LogP contribution is -2.21. The molecule has 0 aromatic heterocycles. The topological polar surface area (TPSA) is 49.3 Å². The number of hydrogen-bond acceptors (Lipinski definition) is 2. The molecule has 0 fully saturated rings. The van der Waals surface area contributed by atoms with Gasteiger partial charge in [-0.1, -0.05) is 24.3 Å². The summed E-state index contributed by atoms with van der Waals surface area (Å²) >= 11 is 0. The van der Waals surface area contributed by atoms with Crippen LogP contribution in [-0.2, 0) is 4.79 Å². The lowest BCUT2D eigenvalue weighted by atomic mass is 10.0. The highest BCUT2D eigenvalue weighted by molar-refractivity contribution is 5.79. The molecular weight excluding hydrogens is 264 g/mol. The van der Waals surface area contributed by atoms with Crippen LogP contribution in [0.3, 0.4) is 0 Å². The highest BCUT2D eigenvalue weighted by Crippen LogP contribution is 2.23. The van der Waals surface area contributed by atoms with Crippen LogP contribution >= 0.6 is 0 Å². The van der Waals surface area contributed by atoms with Gasteiger partial charge in [0.15, 0.2) is 6.04 Å². The maximum atomic E-state index is 13.6. The second-order valence-corrected chi connectivity index (χ2v) is 4.40. The number of anilines is 1. The number of nitrogens with one attached hydrogen (secondary N) is 1. The van der Waals surface area contributed by atoms with Crippen molar-refractivity contribution in [3.8, 4) is 0 Å². The summed E-state index contributed by atoms with van der Waals surface area (Å²) < 4.78 is 26.8. The predicted octanol–water partition coefficient (Wildman–Crippen LogP) is 3.51. The summed E-state index contributed by atoms with van der Waals surface area (Å²) in [5.74, 6) is -2.12. The molecule has 2 N–H and O–H groups in total. The van der Waals surface area contributed by atoms with Crippen molar-refractivity contribution < 1.29 is 18.7 Å². The molecular formula is C15H13F2NO2. The van der Waals surface area contributed by atoms with Gasteiger partial charge in [0.05, 0.1) is 5.69 Å². The highest BCUT2D eigenvalue weighted by atomic mass is 19.1. The molecule has 2 rings (SSSR count). The van der Waals surface area contributed by atoms with E-state index in [4.69, 9.17) is 0 Å². The van der Waals surface area contributed by atoms with Crippen LogP contribution in [0.1, 0.15) is 17.2 Å². The molecule has 0 radical (unpaired) electrons. The second kappa shape index (κ2) is 5.69. The minimum Gasteiger partial charge on any atom is -0.479 e. The first-order valence-corrected chi connectivity index (χ1v) is 5.99. The summed E-state index contributed by atoms with van der Waals surface area (Å²) in [5.41, 5.74) is 0.783. The molecule has 0 amide bonds. The summed E-state index contributed by atoms with van der Waals surface area (Å²) in [7, 11) is 0. The minimum absolute atomic E-state index is 0.0851. The van der Waals surface area contributed by atoms with Crippen molar-refractivity contribution in [1.29, 1.82) is 0 Å². The van der Waals surface area contributed by atoms with Crippen molar-refractivity contribution in [2.45, 2.75) is 13.0 Å². The number of para-hydroxylation sites is 1. The number of rotatable bonds is 4. The number of carbonyl (C=O) groups is 1. The van der Waals surface area contributed by atoms with Crippen LogP contribution < -0.4 is 5.32 Å². The summed E-state index contributed by atoms with van der Waals surface area (Å²) in [6.07, 6.45) is 0. The smallest absolute Gasteiger partial charge is 0.330 e. The molecule has 0 aliphatic rings. The molecule has 2 aromatic carbocycles. The monoisotopic (exact) mass is 277 g/mol. The first-order chi connectivity index (χ1) is 9.49. The van der Waals surface area contributed by atoms with Crippen molar-refractivity contribution in [2.24, 2.45) is 0 Å². The molecule has 0 saturated carbocycles. The van der Waals surface area contributed by atoms with Crippen LogP contribution in [0.15, 0.2) is 42.5 Å². The zero-order valence-electron chi connectivity index (χ0n) is 10.7. The van der Waals surface area contributed by atoms with Gasteiger partial charge in [0.25, 0.3) is 0 Å². The fourth-order valence-corrected chi connectivity index (χ4v) is 1.87. The van der Waals surface area contributed by atoms with Gasteiger partial charge in [-0.05, 0) is 36.2 Å². The van der Waals surface area contributed by atoms with E-state index in [-0.39, 0.29) is 5.69 Å². The third-order valence-electron chi connectivity index (χ3n) is 2.94. The van der Waals surface area contributed by atoms with Gasteiger partial charge in [-0.2, -0.15) is 0 Å². The fraction of sp³-hybridized carbons (Fsp3) is 0.133. The number of aliphatic carboxylic acids is 1. The summed E-state index contributed by atoms with van der Waals surface area (Å²) in [6.45, 7) is 1.54. The molecule has 3 nitrogen and oxygen atoms in total. The van der Waals surface area contributed by atoms with Gasteiger partial charge in [-0.25, -0.2) is 13.6 Å². The lowest BCUT2D eigenvalue weighted by molar-refractivity contribution is -0.138. The largest absolute Gasteiger partial charge is 0.479 e. The van der Waals surface area contributed by atoms with E-state index in [9.17, 15) is 18.7 Å². The molecule has 0 spiro atoms. The van der Waals surface area contributed by atoms with E-state index in [2.05, 4.69) is 5.32 Å². The van der Waals surface area contributed by atoms with Crippen LogP contribution in [0.2, 0.25) is 0 Å². The Morgan fingerprint density at radius 2 is 1.85 bits per heavy atom. The molecule has 0 saturated heterocycles. The number of benzene rings is 2. The summed E-state index contributed by atoms with van der Waals surface area (Å²) in [4.78, 5) is 11.3. The first-order valence-electron chi connectivity index (χ1n) is 5.99. The molecule has 0 heterocycles. The minimum atomic E-state index is -1.17. The van der Waals surface area contributed by atoms with Crippen LogP contribution in [0.4, 0.5) is 14.5 Å². The Labute approximate surface area is 114 Å². The highest BCUT2D eigenvalue weighted by Gasteiger charge is 2.21. The Bertz CT molecular complexity index is 644. The van der Waals surface area contributed by atoms with Crippen molar-refractivity contribution >= 4 is 11.7 Å². The standard InChI is InChI=1S/C15H13F2NO2/c1-9-8-10(6-7-11(9)16)14(15(19)20)18-13-5-3-2-4-12(13)17/h2-8,14,18H,1H3,(H,19,20). The third-order valence-corrected chi connectivity index (χ3v) is 2.94. The zero-order chi connectivity index (χ0) is 14.7. The van der Waals surface area contributed by atoms with E-state index in [0.29, 0.717) is 11.1 Å². The quantitative estimate of drug-likeness (QED) is 0.899. The molecule has 1 atom stereocenters. The van der Waals surface area contributed by atoms with Gasteiger partial charge in [0.2, 0.25) is 0 Å². The maximum Gasteiger partial charge on any atom is 0.330 e. The Morgan fingerprint density at radius 1 is 1.15 bits per heavy atom. The molecule has 104 valence electrons. The molecule has 5 heteroatoms. The van der Waals surface area contributed by atoms with Crippen molar-refractivity contribution in [1.82, 2.24) is 0 Å². The van der Waals surface area contributed by atoms with Crippen LogP contribution in [0.25, 0.3) is 0 Å². The lowest BCUT2D eigenvalue weighted by Gasteiger charge is -2.17. The molecule has 0 aliphatic heterocycles. The van der Waals surface area contributed by atoms with Crippen molar-refractivity contribution in [2.75, 3.05) is 5.32 Å². The summed E-state index contributed by atoms with van der Waals surface area (Å²) in [5, 5.41) is 11.9. The maximum absolute atomic E-state index is 13.6. The third kappa shape index (κ3) is 2.93. The molecule has 0 aliphatic carbocycles. The molecule has 1 unspecified atom stereocenters.